The van der Waals surface area contributed by atoms with E-state index in [0.717, 1.165) is 21.5 Å². The maximum atomic E-state index is 12.9. The summed E-state index contributed by atoms with van der Waals surface area (Å²) in [6.07, 6.45) is 1.68. The molecule has 4 nitrogen and oxygen atoms in total. The summed E-state index contributed by atoms with van der Waals surface area (Å²) < 4.78 is 0. The highest BCUT2D eigenvalue weighted by Gasteiger charge is 2.23. The summed E-state index contributed by atoms with van der Waals surface area (Å²) in [6.45, 7) is 0. The number of carbonyl (C=O) groups excluding carboxylic acids is 1. The number of amides is 1. The molecule has 0 fully saturated rings. The van der Waals surface area contributed by atoms with Gasteiger partial charge >= 0.3 is 0 Å². The van der Waals surface area contributed by atoms with Crippen LogP contribution in [0.5, 0.6) is 0 Å². The molecule has 6 heteroatoms. The van der Waals surface area contributed by atoms with E-state index in [-0.39, 0.29) is 5.91 Å². The number of nitrogens with one attached hydrogen (secondary N) is 1. The van der Waals surface area contributed by atoms with Crippen molar-refractivity contribution in [1.29, 1.82) is 0 Å². The van der Waals surface area contributed by atoms with Crippen LogP contribution in [0, 0.1) is 0 Å². The van der Waals surface area contributed by atoms with Crippen molar-refractivity contribution < 1.29 is 4.79 Å². The number of fused-ring (bicyclic) bond motifs is 1. The summed E-state index contributed by atoms with van der Waals surface area (Å²) in [4.78, 5) is 21.7. The van der Waals surface area contributed by atoms with Gasteiger partial charge in [0.25, 0.3) is 0 Å². The normalized spacial score (nSPS) is 12.0. The van der Waals surface area contributed by atoms with Gasteiger partial charge in [-0.05, 0) is 17.7 Å². The first-order valence-electron chi connectivity index (χ1n) is 8.07. The average Bonchev–Trinajstić information content (AvgIpc) is 3.19. The van der Waals surface area contributed by atoms with Gasteiger partial charge in [-0.25, -0.2) is 9.97 Å². The number of hydrogen-bond acceptors (Lipinski definition) is 5. The minimum Gasteiger partial charge on any atom is -0.301 e. The van der Waals surface area contributed by atoms with Crippen molar-refractivity contribution in [3.05, 3.63) is 83.9 Å². The van der Waals surface area contributed by atoms with E-state index in [1.807, 2.05) is 72.1 Å². The van der Waals surface area contributed by atoms with Gasteiger partial charge in [0.2, 0.25) is 5.91 Å². The number of thiazole rings is 1. The first kappa shape index (κ1) is 16.8. The van der Waals surface area contributed by atoms with Crippen molar-refractivity contribution in [3.8, 4) is 0 Å². The van der Waals surface area contributed by atoms with Gasteiger partial charge in [-0.15, -0.1) is 11.3 Å². The predicted molar refractivity (Wildman–Crippen MR) is 108 cm³/mol. The van der Waals surface area contributed by atoms with Crippen molar-refractivity contribution in [2.24, 2.45) is 0 Å². The number of hydrogen-bond donors (Lipinski definition) is 1. The van der Waals surface area contributed by atoms with E-state index < -0.39 is 5.25 Å². The van der Waals surface area contributed by atoms with Crippen molar-refractivity contribution >= 4 is 45.0 Å². The van der Waals surface area contributed by atoms with E-state index in [9.17, 15) is 4.79 Å². The van der Waals surface area contributed by atoms with Crippen LogP contribution in [0.3, 0.4) is 0 Å². The van der Waals surface area contributed by atoms with Crippen molar-refractivity contribution in [3.63, 3.8) is 0 Å². The predicted octanol–water partition coefficient (Wildman–Crippen LogP) is 5.16. The summed E-state index contributed by atoms with van der Waals surface area (Å²) in [7, 11) is 0. The van der Waals surface area contributed by atoms with Crippen LogP contribution < -0.4 is 5.32 Å². The summed E-state index contributed by atoms with van der Waals surface area (Å²) in [5.41, 5.74) is 1.85. The lowest BCUT2D eigenvalue weighted by Crippen LogP contribution is -2.19. The van der Waals surface area contributed by atoms with Gasteiger partial charge in [0.1, 0.15) is 5.25 Å². The number of pyridine rings is 1. The molecule has 1 N–H and O–H groups in total. The van der Waals surface area contributed by atoms with Crippen molar-refractivity contribution in [2.45, 2.75) is 10.3 Å². The fourth-order valence-corrected chi connectivity index (χ4v) is 4.12. The van der Waals surface area contributed by atoms with Gasteiger partial charge < -0.3 is 5.32 Å². The van der Waals surface area contributed by atoms with Crippen LogP contribution in [0.4, 0.5) is 5.13 Å². The number of nitrogens with zero attached hydrogens (tertiary/aromatic N) is 2. The van der Waals surface area contributed by atoms with Crippen molar-refractivity contribution in [1.82, 2.24) is 9.97 Å². The maximum absolute atomic E-state index is 12.9. The molecule has 0 radical (unpaired) electrons. The summed E-state index contributed by atoms with van der Waals surface area (Å²) in [5.74, 6) is -0.105. The number of para-hydroxylation sites is 1. The molecule has 0 saturated heterocycles. The van der Waals surface area contributed by atoms with Gasteiger partial charge in [0, 0.05) is 17.0 Å². The molecule has 0 aliphatic heterocycles. The molecule has 2 heterocycles. The lowest BCUT2D eigenvalue weighted by molar-refractivity contribution is -0.115. The molecule has 128 valence electrons. The highest BCUT2D eigenvalue weighted by molar-refractivity contribution is 8.00. The van der Waals surface area contributed by atoms with Gasteiger partial charge in [0.05, 0.1) is 10.5 Å². The molecule has 2 aromatic heterocycles. The van der Waals surface area contributed by atoms with Crippen LogP contribution in [0.25, 0.3) is 10.9 Å². The Morgan fingerprint density at radius 3 is 2.62 bits per heavy atom. The Bertz CT molecular complexity index is 1020. The minimum absolute atomic E-state index is 0.105. The summed E-state index contributed by atoms with van der Waals surface area (Å²) in [5, 5.41) is 6.82. The highest BCUT2D eigenvalue weighted by Crippen LogP contribution is 2.36. The molecule has 0 bridgehead atoms. The zero-order chi connectivity index (χ0) is 17.8. The van der Waals surface area contributed by atoms with E-state index in [1.54, 1.807) is 6.20 Å². The van der Waals surface area contributed by atoms with E-state index in [0.29, 0.717) is 5.13 Å². The first-order valence-corrected chi connectivity index (χ1v) is 9.83. The van der Waals surface area contributed by atoms with E-state index in [2.05, 4.69) is 15.3 Å². The number of carbonyl (C=O) groups is 1. The lowest BCUT2D eigenvalue weighted by atomic mass is 10.1. The molecular weight excluding hydrogens is 362 g/mol. The van der Waals surface area contributed by atoms with Crippen LogP contribution in [0.2, 0.25) is 0 Å². The van der Waals surface area contributed by atoms with Crippen LogP contribution in [0.15, 0.2) is 83.3 Å². The van der Waals surface area contributed by atoms with Gasteiger partial charge in [0.15, 0.2) is 5.13 Å². The average molecular weight is 377 g/mol. The van der Waals surface area contributed by atoms with Gasteiger partial charge in [-0.1, -0.05) is 66.4 Å². The molecule has 1 atom stereocenters. The van der Waals surface area contributed by atoms with Crippen LogP contribution in [-0.4, -0.2) is 15.9 Å². The third kappa shape index (κ3) is 3.76. The van der Waals surface area contributed by atoms with Gasteiger partial charge in [-0.3, -0.25) is 4.79 Å². The fraction of sp³-hybridized carbons (Fsp3) is 0.0500. The second-order valence-corrected chi connectivity index (χ2v) is 7.60. The number of aromatic nitrogens is 2. The van der Waals surface area contributed by atoms with Crippen molar-refractivity contribution in [2.75, 3.05) is 5.32 Å². The quantitative estimate of drug-likeness (QED) is 0.488. The third-order valence-corrected chi connectivity index (χ3v) is 5.69. The first-order chi connectivity index (χ1) is 12.8. The Balaban J connectivity index is 1.64. The minimum atomic E-state index is -0.409. The molecule has 0 spiro atoms. The van der Waals surface area contributed by atoms with E-state index in [1.165, 1.54) is 23.1 Å². The number of thioether (sulfide) groups is 1. The highest BCUT2D eigenvalue weighted by atomic mass is 32.2. The summed E-state index contributed by atoms with van der Waals surface area (Å²) >= 11 is 2.84. The zero-order valence-electron chi connectivity index (χ0n) is 13.7. The van der Waals surface area contributed by atoms with E-state index in [4.69, 9.17) is 0 Å². The molecule has 4 aromatic rings. The number of anilines is 1. The molecule has 26 heavy (non-hydrogen) atoms. The SMILES string of the molecule is O=C(Nc1nccs1)[C@@H](Sc1ccc2ccccc2n1)c1ccccc1. The fourth-order valence-electron chi connectivity index (χ4n) is 2.59. The number of rotatable bonds is 5. The monoisotopic (exact) mass is 377 g/mol. The second-order valence-electron chi connectivity index (χ2n) is 5.58. The molecule has 0 aliphatic carbocycles. The maximum Gasteiger partial charge on any atom is 0.244 e. The molecule has 4 rings (SSSR count). The standard InChI is InChI=1S/C20H15N3OS2/c24-19(23-20-21-12-13-25-20)18(15-7-2-1-3-8-15)26-17-11-10-14-6-4-5-9-16(14)22-17/h1-13,18H,(H,21,23,24)/t18-/m0/s1. The Hall–Kier alpha value is -2.70. The Labute approximate surface area is 159 Å². The Morgan fingerprint density at radius 2 is 1.81 bits per heavy atom. The molecule has 1 amide bonds. The topological polar surface area (TPSA) is 54.9 Å². The smallest absolute Gasteiger partial charge is 0.244 e. The second kappa shape index (κ2) is 7.68. The Morgan fingerprint density at radius 1 is 1.00 bits per heavy atom. The van der Waals surface area contributed by atoms with Crippen LogP contribution in [0.1, 0.15) is 10.8 Å². The van der Waals surface area contributed by atoms with E-state index >= 15 is 0 Å². The molecule has 0 aliphatic rings. The Kier molecular flexibility index (Phi) is 4.95. The molecule has 0 unspecified atom stereocenters. The zero-order valence-corrected chi connectivity index (χ0v) is 15.3. The van der Waals surface area contributed by atoms with Crippen LogP contribution in [-0.2, 0) is 4.79 Å². The summed E-state index contributed by atoms with van der Waals surface area (Å²) in [6, 6.07) is 21.7. The molecule has 0 saturated carbocycles. The lowest BCUT2D eigenvalue weighted by Gasteiger charge is -2.16. The largest absolute Gasteiger partial charge is 0.301 e. The molecular formula is C20H15N3OS2. The molecule has 2 aromatic carbocycles. The number of benzene rings is 2. The van der Waals surface area contributed by atoms with Gasteiger partial charge in [-0.2, -0.15) is 0 Å². The van der Waals surface area contributed by atoms with Crippen LogP contribution >= 0.6 is 23.1 Å². The third-order valence-electron chi connectivity index (χ3n) is 3.81.